The number of halogens is 2. The van der Waals surface area contributed by atoms with E-state index in [-0.39, 0.29) is 18.1 Å². The lowest BCUT2D eigenvalue weighted by atomic mass is 10.1. The number of hydrogen-bond donors (Lipinski definition) is 2. The number of urea groups is 1. The van der Waals surface area contributed by atoms with Crippen LogP contribution >= 0.6 is 23.2 Å². The zero-order valence-corrected chi connectivity index (χ0v) is 17.5. The van der Waals surface area contributed by atoms with Crippen molar-refractivity contribution >= 4 is 44.8 Å². The summed E-state index contributed by atoms with van der Waals surface area (Å²) in [6.07, 6.45) is 1.41. The summed E-state index contributed by atoms with van der Waals surface area (Å²) in [5, 5.41) is 5.12. The van der Waals surface area contributed by atoms with E-state index < -0.39 is 9.71 Å². The molecule has 0 saturated carbocycles. The molecule has 1 saturated heterocycles. The van der Waals surface area contributed by atoms with E-state index in [4.69, 9.17) is 23.2 Å². The fourth-order valence-corrected chi connectivity index (χ4v) is 3.80. The molecule has 2 N–H and O–H groups in total. The van der Waals surface area contributed by atoms with Crippen molar-refractivity contribution in [2.24, 2.45) is 0 Å². The van der Waals surface area contributed by atoms with Crippen LogP contribution in [0.2, 0.25) is 10.0 Å². The largest absolute Gasteiger partial charge is 0.325 e. The maximum Gasteiger partial charge on any atom is 0.318 e. The molecule has 5 nitrogen and oxygen atoms in total. The van der Waals surface area contributed by atoms with Crippen molar-refractivity contribution in [2.45, 2.75) is 31.8 Å². The summed E-state index contributed by atoms with van der Waals surface area (Å²) in [4.78, 5) is 14.1. The fraction of sp³-hybridized carbons (Fsp3) is 0.368. The van der Waals surface area contributed by atoms with Crippen LogP contribution in [0.3, 0.4) is 0 Å². The van der Waals surface area contributed by atoms with Crippen molar-refractivity contribution in [3.63, 3.8) is 0 Å². The van der Waals surface area contributed by atoms with Crippen molar-refractivity contribution in [3.8, 4) is 11.8 Å². The van der Waals surface area contributed by atoms with Gasteiger partial charge in [0, 0.05) is 39.8 Å². The highest BCUT2D eigenvalue weighted by atomic mass is 35.5. The van der Waals surface area contributed by atoms with Crippen LogP contribution in [0.25, 0.3) is 0 Å². The van der Waals surface area contributed by atoms with Gasteiger partial charge in [-0.2, -0.15) is 0 Å². The average molecular weight is 428 g/mol. The van der Waals surface area contributed by atoms with Gasteiger partial charge in [0.15, 0.2) is 0 Å². The Labute approximate surface area is 171 Å². The highest BCUT2D eigenvalue weighted by molar-refractivity contribution is 8.01. The molecular formula is C19H23Cl2N3O2S. The first-order chi connectivity index (χ1) is 12.7. The van der Waals surface area contributed by atoms with Crippen molar-refractivity contribution in [2.75, 3.05) is 13.1 Å². The molecule has 1 aliphatic rings. The summed E-state index contributed by atoms with van der Waals surface area (Å²) in [7, 11) is -2.46. The molecule has 2 rings (SSSR count). The standard InChI is InChI=1S/C19H23Cl2N3O2S/c1-4-27(3,26)23-16-9-11-24(12-10-16)19(25)22-14(2)5-6-15-7-8-17(20)18(21)13-15/h4,7-8,13-14,16H,1,3,9-12H2,2H3,(H,22,25)(H,23,26). The second kappa shape index (κ2) is 9.52. The smallest absolute Gasteiger partial charge is 0.318 e. The van der Waals surface area contributed by atoms with Gasteiger partial charge in [-0.15, -0.1) is 0 Å². The number of nitrogens with zero attached hydrogens (tertiary/aromatic N) is 1. The molecule has 8 heteroatoms. The van der Waals surface area contributed by atoms with Crippen molar-refractivity contribution in [1.82, 2.24) is 14.9 Å². The van der Waals surface area contributed by atoms with Crippen LogP contribution in [0.15, 0.2) is 30.2 Å². The molecule has 2 amide bonds. The summed E-state index contributed by atoms with van der Waals surface area (Å²) < 4.78 is 14.9. The van der Waals surface area contributed by atoms with Gasteiger partial charge in [0.2, 0.25) is 0 Å². The van der Waals surface area contributed by atoms with Gasteiger partial charge in [-0.25, -0.2) is 13.7 Å². The van der Waals surface area contributed by atoms with E-state index in [1.54, 1.807) is 23.1 Å². The second-order valence-electron chi connectivity index (χ2n) is 6.34. The van der Waals surface area contributed by atoms with Crippen LogP contribution in [0.4, 0.5) is 4.79 Å². The Kier molecular flexibility index (Phi) is 7.63. The van der Waals surface area contributed by atoms with E-state index >= 15 is 0 Å². The van der Waals surface area contributed by atoms with E-state index in [0.29, 0.717) is 36.0 Å². The zero-order chi connectivity index (χ0) is 20.0. The molecule has 2 unspecified atom stereocenters. The van der Waals surface area contributed by atoms with E-state index in [2.05, 4.69) is 34.3 Å². The maximum absolute atomic E-state index is 12.4. The minimum absolute atomic E-state index is 0.0592. The lowest BCUT2D eigenvalue weighted by molar-refractivity contribution is 0.179. The van der Waals surface area contributed by atoms with Crippen LogP contribution < -0.4 is 10.0 Å². The number of piperidine rings is 1. The lowest BCUT2D eigenvalue weighted by Gasteiger charge is -2.33. The van der Waals surface area contributed by atoms with Crippen molar-refractivity contribution < 1.29 is 9.00 Å². The molecule has 1 heterocycles. The SMILES string of the molecule is C=CS(=C)(=O)NC1CCN(C(=O)NC(C)C#Cc2ccc(Cl)c(Cl)c2)CC1. The second-order valence-corrected chi connectivity index (χ2v) is 9.18. The highest BCUT2D eigenvalue weighted by Gasteiger charge is 2.24. The van der Waals surface area contributed by atoms with Crippen molar-refractivity contribution in [3.05, 3.63) is 45.8 Å². The van der Waals surface area contributed by atoms with E-state index in [9.17, 15) is 9.00 Å². The number of rotatable bonds is 4. The number of hydrogen-bond acceptors (Lipinski definition) is 2. The van der Waals surface area contributed by atoms with Gasteiger partial charge in [-0.05, 0) is 43.8 Å². The number of carbonyl (C=O) groups excluding carboxylic acids is 1. The maximum atomic E-state index is 12.4. The Balaban J connectivity index is 1.84. The van der Waals surface area contributed by atoms with Crippen LogP contribution in [-0.2, 0) is 9.71 Å². The lowest BCUT2D eigenvalue weighted by Crippen LogP contribution is -2.50. The third-order valence-electron chi connectivity index (χ3n) is 4.11. The molecule has 0 bridgehead atoms. The summed E-state index contributed by atoms with van der Waals surface area (Å²) in [5.74, 6) is 9.56. The van der Waals surface area contributed by atoms with E-state index in [0.717, 1.165) is 5.56 Å². The van der Waals surface area contributed by atoms with Gasteiger partial charge in [0.1, 0.15) is 0 Å². The van der Waals surface area contributed by atoms with E-state index in [1.165, 1.54) is 5.41 Å². The monoisotopic (exact) mass is 427 g/mol. The summed E-state index contributed by atoms with van der Waals surface area (Å²) >= 11 is 11.8. The third kappa shape index (κ3) is 6.78. The van der Waals surface area contributed by atoms with Crippen LogP contribution in [-0.4, -0.2) is 46.2 Å². The average Bonchev–Trinajstić information content (AvgIpc) is 2.63. The number of carbonyl (C=O) groups is 1. The summed E-state index contributed by atoms with van der Waals surface area (Å²) in [5.41, 5.74) is 0.733. The molecule has 0 spiro atoms. The Bertz CT molecular complexity index is 867. The molecule has 1 fully saturated rings. The van der Waals surface area contributed by atoms with Crippen LogP contribution in [0, 0.1) is 11.8 Å². The van der Waals surface area contributed by atoms with Crippen LogP contribution in [0.5, 0.6) is 0 Å². The number of likely N-dealkylation sites (tertiary alicyclic amines) is 1. The Morgan fingerprint density at radius 2 is 2.04 bits per heavy atom. The molecule has 1 aliphatic heterocycles. The molecular weight excluding hydrogens is 405 g/mol. The van der Waals surface area contributed by atoms with Gasteiger partial charge in [0.05, 0.1) is 16.1 Å². The number of amides is 2. The number of benzene rings is 1. The minimum Gasteiger partial charge on any atom is -0.325 e. The predicted octanol–water partition coefficient (Wildman–Crippen LogP) is 3.27. The Morgan fingerprint density at radius 1 is 1.37 bits per heavy atom. The first kappa shape index (κ1) is 21.6. The summed E-state index contributed by atoms with van der Waals surface area (Å²) in [6, 6.07) is 4.73. The normalized spacial score (nSPS) is 18.0. The first-order valence-corrected chi connectivity index (χ1v) is 11.0. The highest BCUT2D eigenvalue weighted by Crippen LogP contribution is 2.22. The molecule has 1 aromatic carbocycles. The zero-order valence-electron chi connectivity index (χ0n) is 15.1. The van der Waals surface area contributed by atoms with E-state index in [1.807, 2.05) is 6.92 Å². The molecule has 0 aromatic heterocycles. The predicted molar refractivity (Wildman–Crippen MR) is 115 cm³/mol. The quantitative estimate of drug-likeness (QED) is 0.571. The van der Waals surface area contributed by atoms with Gasteiger partial charge in [-0.1, -0.05) is 41.6 Å². The van der Waals surface area contributed by atoms with Gasteiger partial charge >= 0.3 is 6.03 Å². The molecule has 0 aliphatic carbocycles. The van der Waals surface area contributed by atoms with Crippen LogP contribution in [0.1, 0.15) is 25.3 Å². The molecule has 1 aromatic rings. The topological polar surface area (TPSA) is 61.4 Å². The Morgan fingerprint density at radius 3 is 2.63 bits per heavy atom. The first-order valence-electron chi connectivity index (χ1n) is 8.49. The molecule has 27 heavy (non-hydrogen) atoms. The van der Waals surface area contributed by atoms with Crippen molar-refractivity contribution in [1.29, 1.82) is 0 Å². The molecule has 146 valence electrons. The van der Waals surface area contributed by atoms with Gasteiger partial charge in [-0.3, -0.25) is 0 Å². The Hall–Kier alpha value is -1.65. The third-order valence-corrected chi connectivity index (χ3v) is 6.12. The van der Waals surface area contributed by atoms with Gasteiger partial charge in [0.25, 0.3) is 0 Å². The fourth-order valence-electron chi connectivity index (χ4n) is 2.61. The number of nitrogens with one attached hydrogen (secondary N) is 2. The molecule has 0 radical (unpaired) electrons. The van der Waals surface area contributed by atoms with Gasteiger partial charge < -0.3 is 10.2 Å². The summed E-state index contributed by atoms with van der Waals surface area (Å²) in [6.45, 7) is 6.48. The minimum atomic E-state index is -2.46. The molecule has 2 atom stereocenters.